The van der Waals surface area contributed by atoms with E-state index in [9.17, 15) is 14.4 Å². The molecule has 1 unspecified atom stereocenters. The highest BCUT2D eigenvalue weighted by Crippen LogP contribution is 2.10. The van der Waals surface area contributed by atoms with Crippen molar-refractivity contribution >= 4 is 35.2 Å². The maximum Gasteiger partial charge on any atom is 0.326 e. The van der Waals surface area contributed by atoms with Crippen molar-refractivity contribution in [3.63, 3.8) is 0 Å². The zero-order valence-corrected chi connectivity index (χ0v) is 13.6. The molecule has 1 atom stereocenters. The number of hydrogen-bond donors (Lipinski definition) is 2. The van der Waals surface area contributed by atoms with E-state index in [0.717, 1.165) is 22.2 Å². The lowest BCUT2D eigenvalue weighted by atomic mass is 10.2. The summed E-state index contributed by atoms with van der Waals surface area (Å²) < 4.78 is 0. The van der Waals surface area contributed by atoms with Crippen molar-refractivity contribution < 1.29 is 19.5 Å². The van der Waals surface area contributed by atoms with Crippen LogP contribution in [0.5, 0.6) is 0 Å². The van der Waals surface area contributed by atoms with Crippen LogP contribution in [-0.4, -0.2) is 52.4 Å². The first-order valence-corrected chi connectivity index (χ1v) is 7.89. The second kappa shape index (κ2) is 8.43. The van der Waals surface area contributed by atoms with Gasteiger partial charge in [0.05, 0.1) is 11.5 Å². The summed E-state index contributed by atoms with van der Waals surface area (Å²) in [4.78, 5) is 35.5. The van der Waals surface area contributed by atoms with Gasteiger partial charge in [-0.15, -0.1) is 11.8 Å². The summed E-state index contributed by atoms with van der Waals surface area (Å²) in [6.45, 7) is 3.40. The molecular weight excluding hydrogens is 304 g/mol. The molecule has 0 fully saturated rings. The van der Waals surface area contributed by atoms with Gasteiger partial charge in [0.25, 0.3) is 0 Å². The molecule has 2 N–H and O–H groups in total. The Morgan fingerprint density at radius 3 is 2.36 bits per heavy atom. The van der Waals surface area contributed by atoms with E-state index in [1.807, 2.05) is 31.2 Å². The van der Waals surface area contributed by atoms with Gasteiger partial charge in [0.2, 0.25) is 11.8 Å². The Hall–Kier alpha value is -2.02. The van der Waals surface area contributed by atoms with Crippen LogP contribution in [0.4, 0.5) is 5.69 Å². The predicted octanol–water partition coefficient (Wildman–Crippen LogP) is 1.60. The van der Waals surface area contributed by atoms with Crippen molar-refractivity contribution in [2.75, 3.05) is 23.9 Å². The van der Waals surface area contributed by atoms with E-state index in [1.54, 1.807) is 0 Å². The predicted molar refractivity (Wildman–Crippen MR) is 87.0 cm³/mol. The van der Waals surface area contributed by atoms with E-state index in [1.165, 1.54) is 14.0 Å². The minimum atomic E-state index is -1.06. The number of rotatable bonds is 7. The molecule has 0 saturated carbocycles. The normalized spacial score (nSPS) is 11.6. The fourth-order valence-electron chi connectivity index (χ4n) is 1.55. The zero-order valence-electron chi connectivity index (χ0n) is 12.8. The number of hydrogen-bond acceptors (Lipinski definition) is 4. The van der Waals surface area contributed by atoms with Crippen molar-refractivity contribution in [3.8, 4) is 0 Å². The number of carbonyl (C=O) groups is 3. The van der Waals surface area contributed by atoms with E-state index in [2.05, 4.69) is 5.32 Å². The third-order valence-corrected chi connectivity index (χ3v) is 4.04. The van der Waals surface area contributed by atoms with Crippen LogP contribution < -0.4 is 5.32 Å². The van der Waals surface area contributed by atoms with E-state index in [4.69, 9.17) is 5.11 Å². The molecule has 1 aromatic carbocycles. The lowest BCUT2D eigenvalue weighted by Gasteiger charge is -2.21. The Balaban J connectivity index is 2.34. The van der Waals surface area contributed by atoms with Crippen molar-refractivity contribution in [3.05, 3.63) is 29.8 Å². The van der Waals surface area contributed by atoms with Crippen molar-refractivity contribution in [1.29, 1.82) is 0 Å². The molecule has 0 radical (unpaired) electrons. The van der Waals surface area contributed by atoms with Crippen LogP contribution in [0.3, 0.4) is 0 Å². The Kier molecular flexibility index (Phi) is 6.91. The van der Waals surface area contributed by atoms with Gasteiger partial charge in [-0.3, -0.25) is 9.59 Å². The fraction of sp³-hybridized carbons (Fsp3) is 0.400. The number of nitrogens with one attached hydrogen (secondary N) is 1. The maximum absolute atomic E-state index is 11.8. The number of carboxylic acid groups (broad SMARTS) is 1. The van der Waals surface area contributed by atoms with Gasteiger partial charge in [-0.25, -0.2) is 4.79 Å². The van der Waals surface area contributed by atoms with Crippen LogP contribution in [0.1, 0.15) is 12.5 Å². The average molecular weight is 324 g/mol. The first-order valence-electron chi connectivity index (χ1n) is 6.74. The molecular formula is C15H20N2O4S. The minimum absolute atomic E-state index is 0.0649. The molecule has 0 aromatic heterocycles. The summed E-state index contributed by atoms with van der Waals surface area (Å²) in [5, 5.41) is 11.6. The summed E-state index contributed by atoms with van der Waals surface area (Å²) in [6.07, 6.45) is 0. The Bertz CT molecular complexity index is 545. The molecule has 7 heteroatoms. The van der Waals surface area contributed by atoms with E-state index in [0.29, 0.717) is 5.69 Å². The SMILES string of the molecule is Cc1ccc(NC(=O)CSCC(=O)N(C)C(C)C(=O)O)cc1. The van der Waals surface area contributed by atoms with Crippen LogP contribution in [0.25, 0.3) is 0 Å². The highest BCUT2D eigenvalue weighted by molar-refractivity contribution is 8.00. The molecule has 2 amide bonds. The molecule has 6 nitrogen and oxygen atoms in total. The molecule has 0 aliphatic rings. The van der Waals surface area contributed by atoms with Crippen molar-refractivity contribution in [1.82, 2.24) is 4.90 Å². The second-order valence-corrected chi connectivity index (χ2v) is 5.91. The van der Waals surface area contributed by atoms with Crippen LogP contribution >= 0.6 is 11.8 Å². The number of benzene rings is 1. The van der Waals surface area contributed by atoms with Crippen LogP contribution in [-0.2, 0) is 14.4 Å². The summed E-state index contributed by atoms with van der Waals surface area (Å²) in [6, 6.07) is 6.54. The van der Waals surface area contributed by atoms with Gasteiger partial charge in [0, 0.05) is 12.7 Å². The van der Waals surface area contributed by atoms with Crippen molar-refractivity contribution in [2.45, 2.75) is 19.9 Å². The molecule has 0 heterocycles. The third-order valence-electron chi connectivity index (χ3n) is 3.13. The smallest absolute Gasteiger partial charge is 0.326 e. The Morgan fingerprint density at radius 1 is 1.23 bits per heavy atom. The largest absolute Gasteiger partial charge is 0.480 e. The molecule has 0 bridgehead atoms. The monoisotopic (exact) mass is 324 g/mol. The van der Waals surface area contributed by atoms with Gasteiger partial charge < -0.3 is 15.3 Å². The van der Waals surface area contributed by atoms with E-state index in [-0.39, 0.29) is 23.3 Å². The number of nitrogens with zero attached hydrogens (tertiary/aromatic N) is 1. The van der Waals surface area contributed by atoms with Gasteiger partial charge in [-0.05, 0) is 26.0 Å². The quantitative estimate of drug-likeness (QED) is 0.795. The summed E-state index contributed by atoms with van der Waals surface area (Å²) in [7, 11) is 1.44. The fourth-order valence-corrected chi connectivity index (χ4v) is 2.29. The summed E-state index contributed by atoms with van der Waals surface area (Å²) in [5.74, 6) is -1.37. The first-order chi connectivity index (χ1) is 10.3. The maximum atomic E-state index is 11.8. The molecule has 1 aromatic rings. The molecule has 0 spiro atoms. The number of carbonyl (C=O) groups excluding carboxylic acids is 2. The minimum Gasteiger partial charge on any atom is -0.480 e. The number of amides is 2. The van der Waals surface area contributed by atoms with Crippen LogP contribution in [0.15, 0.2) is 24.3 Å². The first kappa shape index (κ1) is 18.0. The van der Waals surface area contributed by atoms with Gasteiger partial charge in [0.15, 0.2) is 0 Å². The standard InChI is InChI=1S/C15H20N2O4S/c1-10-4-6-12(7-5-10)16-13(18)8-22-9-14(19)17(3)11(2)15(20)21/h4-7,11H,8-9H2,1-3H3,(H,16,18)(H,20,21). The summed E-state index contributed by atoms with van der Waals surface area (Å²) >= 11 is 1.15. The second-order valence-electron chi connectivity index (χ2n) is 4.93. The Morgan fingerprint density at radius 2 is 1.82 bits per heavy atom. The summed E-state index contributed by atoms with van der Waals surface area (Å²) in [5.41, 5.74) is 1.81. The average Bonchev–Trinajstić information content (AvgIpc) is 2.47. The topological polar surface area (TPSA) is 86.7 Å². The molecule has 1 rings (SSSR count). The zero-order chi connectivity index (χ0) is 16.7. The van der Waals surface area contributed by atoms with Gasteiger partial charge >= 0.3 is 5.97 Å². The van der Waals surface area contributed by atoms with Gasteiger partial charge in [-0.1, -0.05) is 17.7 Å². The molecule has 0 saturated heterocycles. The van der Waals surface area contributed by atoms with Crippen LogP contribution in [0.2, 0.25) is 0 Å². The highest BCUT2D eigenvalue weighted by Gasteiger charge is 2.21. The van der Waals surface area contributed by atoms with Gasteiger partial charge in [-0.2, -0.15) is 0 Å². The molecule has 120 valence electrons. The van der Waals surface area contributed by atoms with Crippen molar-refractivity contribution in [2.24, 2.45) is 0 Å². The Labute approximate surface area is 133 Å². The number of carboxylic acids is 1. The molecule has 22 heavy (non-hydrogen) atoms. The van der Waals surface area contributed by atoms with E-state index < -0.39 is 12.0 Å². The molecule has 0 aliphatic heterocycles. The van der Waals surface area contributed by atoms with Crippen LogP contribution in [0, 0.1) is 6.92 Å². The number of anilines is 1. The van der Waals surface area contributed by atoms with Gasteiger partial charge in [0.1, 0.15) is 6.04 Å². The van der Waals surface area contributed by atoms with E-state index >= 15 is 0 Å². The third kappa shape index (κ3) is 5.77. The number of likely N-dealkylation sites (N-methyl/N-ethyl adjacent to an activating group) is 1. The number of aryl methyl sites for hydroxylation is 1. The highest BCUT2D eigenvalue weighted by atomic mass is 32.2. The lowest BCUT2D eigenvalue weighted by molar-refractivity contribution is -0.147. The number of thioether (sulfide) groups is 1. The lowest BCUT2D eigenvalue weighted by Crippen LogP contribution is -2.41. The molecule has 0 aliphatic carbocycles. The number of aliphatic carboxylic acids is 1.